The van der Waals surface area contributed by atoms with Gasteiger partial charge in [0, 0.05) is 6.42 Å². The van der Waals surface area contributed by atoms with Gasteiger partial charge in [0.25, 0.3) is 0 Å². The number of unbranched alkanes of at least 4 members (excludes halogenated alkanes) is 19. The molecule has 0 aliphatic carbocycles. The second-order valence-electron chi connectivity index (χ2n) is 24.3. The molecule has 19 nitrogen and oxygen atoms in total. The van der Waals surface area contributed by atoms with Gasteiger partial charge in [-0.2, -0.15) is 0 Å². The molecule has 522 valence electrons. The lowest BCUT2D eigenvalue weighted by atomic mass is 9.96. The summed E-state index contributed by atoms with van der Waals surface area (Å²) in [5, 5.41) is 120. The van der Waals surface area contributed by atoms with Crippen LogP contribution in [0.2, 0.25) is 0 Å². The largest absolute Gasteiger partial charge is 0.394 e. The molecule has 3 aliphatic rings. The van der Waals surface area contributed by atoms with Gasteiger partial charge in [-0.25, -0.2) is 0 Å². The van der Waals surface area contributed by atoms with Crippen molar-refractivity contribution >= 4 is 5.91 Å². The Balaban J connectivity index is 1.47. The molecule has 3 saturated heterocycles. The summed E-state index contributed by atoms with van der Waals surface area (Å²) in [5.41, 5.74) is 0. The number of carbonyl (C=O) groups excluding carboxylic acids is 1. The van der Waals surface area contributed by atoms with Crippen molar-refractivity contribution in [1.29, 1.82) is 0 Å². The normalized spacial score (nSPS) is 28.6. The van der Waals surface area contributed by atoms with Crippen LogP contribution in [0, 0.1) is 0 Å². The molecular formula is C72H121NO18. The molecule has 0 aromatic carbocycles. The van der Waals surface area contributed by atoms with Crippen molar-refractivity contribution in [3.05, 3.63) is 109 Å². The number of rotatable bonds is 51. The van der Waals surface area contributed by atoms with Crippen LogP contribution < -0.4 is 5.32 Å². The van der Waals surface area contributed by atoms with Crippen molar-refractivity contribution in [1.82, 2.24) is 5.32 Å². The first kappa shape index (κ1) is 81.7. The van der Waals surface area contributed by atoms with E-state index >= 15 is 0 Å². The van der Waals surface area contributed by atoms with E-state index in [1.54, 1.807) is 6.08 Å². The molecule has 1 amide bonds. The Morgan fingerprint density at radius 2 is 0.758 bits per heavy atom. The van der Waals surface area contributed by atoms with Gasteiger partial charge in [-0.15, -0.1) is 0 Å². The molecule has 17 atom stereocenters. The molecule has 0 aromatic heterocycles. The smallest absolute Gasteiger partial charge is 0.220 e. The number of hydrogen-bond acceptors (Lipinski definition) is 18. The van der Waals surface area contributed by atoms with Crippen LogP contribution in [-0.4, -0.2) is 193 Å². The predicted molar refractivity (Wildman–Crippen MR) is 355 cm³/mol. The maximum Gasteiger partial charge on any atom is 0.220 e. The van der Waals surface area contributed by atoms with E-state index in [1.165, 1.54) is 89.9 Å². The third kappa shape index (κ3) is 34.6. The Kier molecular flexibility index (Phi) is 47.3. The topological polar surface area (TPSA) is 307 Å². The van der Waals surface area contributed by atoms with Gasteiger partial charge in [0.05, 0.1) is 38.6 Å². The Hall–Kier alpha value is -3.55. The van der Waals surface area contributed by atoms with Gasteiger partial charge in [0.15, 0.2) is 18.9 Å². The number of aliphatic hydroxyl groups excluding tert-OH is 11. The summed E-state index contributed by atoms with van der Waals surface area (Å²) >= 11 is 0. The van der Waals surface area contributed by atoms with Crippen LogP contribution in [0.4, 0.5) is 0 Å². The lowest BCUT2D eigenvalue weighted by Gasteiger charge is -2.48. The van der Waals surface area contributed by atoms with Crippen LogP contribution in [0.3, 0.4) is 0 Å². The van der Waals surface area contributed by atoms with Crippen molar-refractivity contribution in [3.63, 3.8) is 0 Å². The quantitative estimate of drug-likeness (QED) is 0.0200. The number of hydrogen-bond donors (Lipinski definition) is 12. The van der Waals surface area contributed by atoms with Crippen molar-refractivity contribution < 1.29 is 89.4 Å². The van der Waals surface area contributed by atoms with Crippen LogP contribution in [0.25, 0.3) is 0 Å². The first-order valence-electron chi connectivity index (χ1n) is 34.6. The van der Waals surface area contributed by atoms with Gasteiger partial charge in [-0.1, -0.05) is 226 Å². The molecule has 91 heavy (non-hydrogen) atoms. The lowest BCUT2D eigenvalue weighted by Crippen LogP contribution is -2.66. The monoisotopic (exact) mass is 1290 g/mol. The zero-order chi connectivity index (χ0) is 66.1. The average molecular weight is 1290 g/mol. The fourth-order valence-electron chi connectivity index (χ4n) is 11.0. The number of carbonyl (C=O) groups is 1. The number of allylic oxidation sites excluding steroid dienone is 17. The number of ether oxygens (including phenoxy) is 6. The Bertz CT molecular complexity index is 2070. The summed E-state index contributed by atoms with van der Waals surface area (Å²) < 4.78 is 34.3. The highest BCUT2D eigenvalue weighted by Gasteiger charge is 2.53. The van der Waals surface area contributed by atoms with Crippen molar-refractivity contribution in [2.45, 2.75) is 311 Å². The number of nitrogens with one attached hydrogen (secondary N) is 1. The molecule has 19 heteroatoms. The van der Waals surface area contributed by atoms with Crippen LogP contribution in [0.5, 0.6) is 0 Å². The Morgan fingerprint density at radius 3 is 1.19 bits per heavy atom. The molecule has 3 aliphatic heterocycles. The van der Waals surface area contributed by atoms with Gasteiger partial charge < -0.3 is 89.9 Å². The van der Waals surface area contributed by atoms with Crippen LogP contribution in [-0.2, 0) is 33.2 Å². The highest BCUT2D eigenvalue weighted by atomic mass is 16.8. The van der Waals surface area contributed by atoms with Crippen molar-refractivity contribution in [3.8, 4) is 0 Å². The van der Waals surface area contributed by atoms with E-state index in [2.05, 4.69) is 116 Å². The maximum absolute atomic E-state index is 13.4. The summed E-state index contributed by atoms with van der Waals surface area (Å²) in [6.07, 6.45) is 43.4. The standard InChI is InChI=1S/C72H121NO18/c1-3-5-7-9-11-13-15-17-19-21-23-24-25-26-27-28-29-30-32-34-36-38-40-42-44-46-48-50-60(78)73-55(56(77)49-47-45-43-41-39-37-35-33-31-22-20-18-16-14-12-10-8-6-4-2)54-86-70-66(84)63(81)68(58(52-75)88-70)91-72-67(85)64(82)69(59(53-76)89-72)90-71-65(83)62(80)61(79)57(51-74)87-71/h5,7,11,13,17,19,23-24,26-27,29-30,34,36,40,42,47,49,55-59,61-72,74-77,79-85H,3-4,6,8-10,12,14-16,18,20-22,25,28,31-33,35,37-39,41,43-46,48,50-54H2,1-2H3,(H,73,78)/b7-5-,13-11-,19-17-,24-23-,27-26-,30-29-,36-34-,42-40-,49-47+. The minimum atomic E-state index is -1.99. The summed E-state index contributed by atoms with van der Waals surface area (Å²) in [7, 11) is 0. The summed E-state index contributed by atoms with van der Waals surface area (Å²) in [6, 6.07) is -1.01. The van der Waals surface area contributed by atoms with Crippen molar-refractivity contribution in [2.24, 2.45) is 0 Å². The van der Waals surface area contributed by atoms with E-state index in [0.717, 1.165) is 89.9 Å². The van der Waals surface area contributed by atoms with Gasteiger partial charge >= 0.3 is 0 Å². The van der Waals surface area contributed by atoms with Crippen LogP contribution in [0.1, 0.15) is 206 Å². The van der Waals surface area contributed by atoms with Crippen LogP contribution >= 0.6 is 0 Å². The molecule has 0 radical (unpaired) electrons. The molecule has 0 aromatic rings. The van der Waals surface area contributed by atoms with E-state index in [0.29, 0.717) is 6.42 Å². The van der Waals surface area contributed by atoms with Gasteiger partial charge in [0.1, 0.15) is 73.2 Å². The van der Waals surface area contributed by atoms with E-state index in [-0.39, 0.29) is 18.9 Å². The second-order valence-corrected chi connectivity index (χ2v) is 24.3. The Labute approximate surface area is 545 Å². The zero-order valence-corrected chi connectivity index (χ0v) is 55.0. The molecule has 12 N–H and O–H groups in total. The summed E-state index contributed by atoms with van der Waals surface area (Å²) in [4.78, 5) is 13.4. The summed E-state index contributed by atoms with van der Waals surface area (Å²) in [6.45, 7) is 1.58. The maximum atomic E-state index is 13.4. The molecule has 0 spiro atoms. The Morgan fingerprint density at radius 1 is 0.407 bits per heavy atom. The first-order chi connectivity index (χ1) is 44.3. The molecular weight excluding hydrogens is 1170 g/mol. The fourth-order valence-corrected chi connectivity index (χ4v) is 11.0. The SMILES string of the molecule is CC/C=C\C/C=C\C/C=C\C/C=C\C/C=C\C/C=C\C/C=C\C/C=C\CCCCC(=O)NC(COC1OC(CO)C(OC2OC(CO)C(OC3OC(CO)C(O)C(O)C3O)C(O)C2O)C(O)C1O)C(O)/C=C/CCCCCCCCCCCCCCCCCCC. The first-order valence-corrected chi connectivity index (χ1v) is 34.6. The third-order valence-electron chi connectivity index (χ3n) is 16.6. The molecule has 3 heterocycles. The lowest BCUT2D eigenvalue weighted by molar-refractivity contribution is -0.379. The van der Waals surface area contributed by atoms with E-state index in [1.807, 2.05) is 6.08 Å². The predicted octanol–water partition coefficient (Wildman–Crippen LogP) is 9.05. The molecule has 3 rings (SSSR count). The van der Waals surface area contributed by atoms with E-state index in [4.69, 9.17) is 28.4 Å². The zero-order valence-electron chi connectivity index (χ0n) is 55.0. The number of amides is 1. The molecule has 3 fully saturated rings. The van der Waals surface area contributed by atoms with Gasteiger partial charge in [-0.3, -0.25) is 4.79 Å². The van der Waals surface area contributed by atoms with E-state index in [9.17, 15) is 61.0 Å². The summed E-state index contributed by atoms with van der Waals surface area (Å²) in [5.74, 6) is -0.322. The minimum absolute atomic E-state index is 0.181. The average Bonchev–Trinajstić information content (AvgIpc) is 0.885. The van der Waals surface area contributed by atoms with Gasteiger partial charge in [-0.05, 0) is 83.5 Å². The van der Waals surface area contributed by atoms with Crippen LogP contribution in [0.15, 0.2) is 109 Å². The molecule has 0 saturated carbocycles. The van der Waals surface area contributed by atoms with Crippen molar-refractivity contribution in [2.75, 3.05) is 26.4 Å². The highest BCUT2D eigenvalue weighted by molar-refractivity contribution is 5.76. The fraction of sp³-hybridized carbons (Fsp3) is 0.736. The minimum Gasteiger partial charge on any atom is -0.394 e. The molecule has 17 unspecified atom stereocenters. The van der Waals surface area contributed by atoms with Gasteiger partial charge in [0.2, 0.25) is 5.91 Å². The molecule has 0 bridgehead atoms. The third-order valence-corrected chi connectivity index (χ3v) is 16.6. The highest BCUT2D eigenvalue weighted by Crippen LogP contribution is 2.33. The number of aliphatic hydroxyl groups is 11. The van der Waals surface area contributed by atoms with E-state index < -0.39 is 124 Å². The second kappa shape index (κ2) is 52.7.